The molecule has 12 heavy (non-hydrogen) atoms. The number of rotatable bonds is 2. The quantitative estimate of drug-likeness (QED) is 0.630. The number of hydrogen-bond acceptors (Lipinski definition) is 0. The summed E-state index contributed by atoms with van der Waals surface area (Å²) < 4.78 is 0. The van der Waals surface area contributed by atoms with Crippen molar-refractivity contribution in [2.45, 2.75) is 5.92 Å². The van der Waals surface area contributed by atoms with Crippen LogP contribution < -0.4 is 0 Å². The molecule has 0 heterocycles. The highest BCUT2D eigenvalue weighted by Gasteiger charge is 2.07. The molecule has 0 nitrogen and oxygen atoms in total. The van der Waals surface area contributed by atoms with Gasteiger partial charge in [-0.25, -0.2) is 0 Å². The monoisotopic (exact) mass is 199 g/mol. The van der Waals surface area contributed by atoms with E-state index in [1.54, 1.807) is 12.1 Å². The van der Waals surface area contributed by atoms with E-state index in [9.17, 15) is 0 Å². The zero-order chi connectivity index (χ0) is 9.14. The van der Waals surface area contributed by atoms with Crippen LogP contribution in [0.5, 0.6) is 0 Å². The maximum atomic E-state index is 5.95. The molecule has 0 saturated heterocycles. The maximum Gasteiger partial charge on any atom is 0.0630 e. The Labute approximate surface area is 82.8 Å². The van der Waals surface area contributed by atoms with Crippen molar-refractivity contribution in [1.82, 2.24) is 0 Å². The molecule has 0 amide bonds. The first kappa shape index (κ1) is 9.63. The Bertz CT molecular complexity index is 292. The number of benzene rings is 1. The molecule has 1 aromatic carbocycles. The first-order chi connectivity index (χ1) is 5.66. The minimum absolute atomic E-state index is 0.00352. The largest absolute Gasteiger partial charge is 0.102 e. The van der Waals surface area contributed by atoms with Gasteiger partial charge in [-0.1, -0.05) is 41.4 Å². The summed E-state index contributed by atoms with van der Waals surface area (Å²) in [6.45, 7) is 7.51. The molecule has 0 spiro atoms. The average molecular weight is 200 g/mol. The molecule has 1 radical (unpaired) electrons. The molecule has 1 unspecified atom stereocenters. The van der Waals surface area contributed by atoms with Crippen LogP contribution in [-0.2, 0) is 0 Å². The van der Waals surface area contributed by atoms with Gasteiger partial charge in [0.05, 0.1) is 10.0 Å². The van der Waals surface area contributed by atoms with E-state index in [0.29, 0.717) is 10.0 Å². The maximum absolute atomic E-state index is 5.95. The molecule has 0 aliphatic heterocycles. The highest BCUT2D eigenvalue weighted by atomic mass is 35.5. The highest BCUT2D eigenvalue weighted by Crippen LogP contribution is 2.30. The van der Waals surface area contributed by atoms with Crippen molar-refractivity contribution >= 4 is 23.2 Å². The van der Waals surface area contributed by atoms with Crippen molar-refractivity contribution in [3.05, 3.63) is 53.4 Å². The summed E-state index contributed by atoms with van der Waals surface area (Å²) in [4.78, 5) is 0. The van der Waals surface area contributed by atoms with E-state index in [1.165, 1.54) is 0 Å². The molecule has 0 fully saturated rings. The molecular weight excluding hydrogens is 191 g/mol. The van der Waals surface area contributed by atoms with Crippen molar-refractivity contribution in [3.63, 3.8) is 0 Å². The topological polar surface area (TPSA) is 0 Å². The van der Waals surface area contributed by atoms with Gasteiger partial charge >= 0.3 is 0 Å². The van der Waals surface area contributed by atoms with E-state index in [1.807, 2.05) is 12.1 Å². The minimum Gasteiger partial charge on any atom is -0.102 e. The van der Waals surface area contributed by atoms with Gasteiger partial charge in [0.25, 0.3) is 0 Å². The third kappa shape index (κ3) is 1.82. The highest BCUT2D eigenvalue weighted by molar-refractivity contribution is 6.42. The van der Waals surface area contributed by atoms with Crippen LogP contribution >= 0.6 is 23.2 Å². The van der Waals surface area contributed by atoms with Gasteiger partial charge in [0.2, 0.25) is 0 Å². The summed E-state index contributed by atoms with van der Waals surface area (Å²) in [5.41, 5.74) is 0.916. The second-order valence-corrected chi connectivity index (χ2v) is 3.27. The van der Waals surface area contributed by atoms with Crippen LogP contribution in [0.15, 0.2) is 30.9 Å². The number of allylic oxidation sites excluding steroid dienone is 1. The smallest absolute Gasteiger partial charge is 0.0630 e. The summed E-state index contributed by atoms with van der Waals surface area (Å²) in [5.74, 6) is -0.00352. The predicted octanol–water partition coefficient (Wildman–Crippen LogP) is 4.10. The van der Waals surface area contributed by atoms with Gasteiger partial charge in [0.15, 0.2) is 0 Å². The van der Waals surface area contributed by atoms with E-state index < -0.39 is 0 Å². The standard InChI is InChI=1S/C10H9Cl2/c1-3-7(2)8-5-4-6-9(11)10(8)12/h3-7H,1-2H2. The van der Waals surface area contributed by atoms with Gasteiger partial charge in [-0.15, -0.1) is 6.58 Å². The summed E-state index contributed by atoms with van der Waals surface area (Å²) in [6, 6.07) is 5.50. The van der Waals surface area contributed by atoms with Crippen LogP contribution in [0.25, 0.3) is 0 Å². The van der Waals surface area contributed by atoms with Gasteiger partial charge in [0.1, 0.15) is 0 Å². The van der Waals surface area contributed by atoms with Gasteiger partial charge in [-0.3, -0.25) is 0 Å². The van der Waals surface area contributed by atoms with Crippen molar-refractivity contribution < 1.29 is 0 Å². The fourth-order valence-electron chi connectivity index (χ4n) is 0.934. The van der Waals surface area contributed by atoms with Crippen LogP contribution in [0.4, 0.5) is 0 Å². The normalized spacial score (nSPS) is 12.6. The molecule has 1 aromatic rings. The van der Waals surface area contributed by atoms with Crippen LogP contribution in [-0.4, -0.2) is 0 Å². The zero-order valence-electron chi connectivity index (χ0n) is 6.56. The van der Waals surface area contributed by atoms with Gasteiger partial charge in [0, 0.05) is 5.92 Å². The molecule has 0 aliphatic rings. The second-order valence-electron chi connectivity index (χ2n) is 2.49. The average Bonchev–Trinajstić information content (AvgIpc) is 2.08. The Morgan fingerprint density at radius 3 is 2.58 bits per heavy atom. The summed E-state index contributed by atoms with van der Waals surface area (Å²) >= 11 is 11.8. The van der Waals surface area contributed by atoms with Gasteiger partial charge in [-0.2, -0.15) is 0 Å². The van der Waals surface area contributed by atoms with Crippen molar-refractivity contribution in [1.29, 1.82) is 0 Å². The molecule has 0 N–H and O–H groups in total. The molecule has 1 atom stereocenters. The van der Waals surface area contributed by atoms with Crippen LogP contribution in [0.3, 0.4) is 0 Å². The Balaban J connectivity index is 3.15. The number of hydrogen-bond donors (Lipinski definition) is 0. The molecular formula is C10H9Cl2. The fourth-order valence-corrected chi connectivity index (χ4v) is 1.38. The third-order valence-corrected chi connectivity index (χ3v) is 2.50. The predicted molar refractivity (Wildman–Crippen MR) is 54.8 cm³/mol. The van der Waals surface area contributed by atoms with Gasteiger partial charge in [-0.05, 0) is 18.6 Å². The fraction of sp³-hybridized carbons (Fsp3) is 0.100. The minimum atomic E-state index is -0.00352. The Morgan fingerprint density at radius 2 is 2.00 bits per heavy atom. The Kier molecular flexibility index (Phi) is 3.19. The van der Waals surface area contributed by atoms with Crippen molar-refractivity contribution in [2.75, 3.05) is 0 Å². The van der Waals surface area contributed by atoms with E-state index in [2.05, 4.69) is 13.5 Å². The van der Waals surface area contributed by atoms with Crippen LogP contribution in [0.1, 0.15) is 11.5 Å². The van der Waals surface area contributed by atoms with Crippen LogP contribution in [0.2, 0.25) is 10.0 Å². The molecule has 2 heteroatoms. The third-order valence-electron chi connectivity index (χ3n) is 1.67. The lowest BCUT2D eigenvalue weighted by Crippen LogP contribution is -1.90. The molecule has 1 rings (SSSR count). The van der Waals surface area contributed by atoms with Crippen molar-refractivity contribution in [3.8, 4) is 0 Å². The van der Waals surface area contributed by atoms with Crippen molar-refractivity contribution in [2.24, 2.45) is 0 Å². The Hall–Kier alpha value is -0.460. The molecule has 0 saturated carbocycles. The lowest BCUT2D eigenvalue weighted by atomic mass is 10.0. The zero-order valence-corrected chi connectivity index (χ0v) is 8.07. The lowest BCUT2D eigenvalue weighted by molar-refractivity contribution is 1.09. The first-order valence-corrected chi connectivity index (χ1v) is 4.32. The lowest BCUT2D eigenvalue weighted by Gasteiger charge is -2.08. The van der Waals surface area contributed by atoms with E-state index >= 15 is 0 Å². The summed E-state index contributed by atoms with van der Waals surface area (Å²) in [5, 5.41) is 1.13. The van der Waals surface area contributed by atoms with E-state index in [-0.39, 0.29) is 5.92 Å². The summed E-state index contributed by atoms with van der Waals surface area (Å²) in [7, 11) is 0. The van der Waals surface area contributed by atoms with Gasteiger partial charge < -0.3 is 0 Å². The SMILES string of the molecule is [CH2]C(C=C)c1cccc(Cl)c1Cl. The first-order valence-electron chi connectivity index (χ1n) is 3.56. The molecule has 0 aliphatic carbocycles. The Morgan fingerprint density at radius 1 is 1.33 bits per heavy atom. The second kappa shape index (κ2) is 3.97. The number of halogens is 2. The van der Waals surface area contributed by atoms with E-state index in [0.717, 1.165) is 5.56 Å². The van der Waals surface area contributed by atoms with Crippen LogP contribution in [0, 0.1) is 6.92 Å². The molecule has 0 bridgehead atoms. The molecule has 63 valence electrons. The summed E-state index contributed by atoms with van der Waals surface area (Å²) in [6.07, 6.45) is 1.73. The van der Waals surface area contributed by atoms with E-state index in [4.69, 9.17) is 23.2 Å². The molecule has 0 aromatic heterocycles.